The standard InChI is InChI=1S/C19H22ClN3O3/c1-22(2)19(14-6-4-3-5-7-14)8-9-23(12-16(19)24)18(26)13-10-15(20)17(25)21-11-13/h3-7,10-11,16,24H,8-9,12H2,1-2H3,(H,21,25)/t16-,19+/m1/s1. The van der Waals surface area contributed by atoms with Crippen molar-refractivity contribution in [1.29, 1.82) is 0 Å². The normalized spacial score (nSPS) is 23.3. The minimum absolute atomic E-state index is 0.0275. The number of hydrogen-bond donors (Lipinski definition) is 2. The predicted octanol–water partition coefficient (Wildman–Crippen LogP) is 1.69. The van der Waals surface area contributed by atoms with Gasteiger partial charge in [-0.3, -0.25) is 14.5 Å². The molecule has 0 spiro atoms. The highest BCUT2D eigenvalue weighted by Crippen LogP contribution is 2.37. The first-order chi connectivity index (χ1) is 12.4. The molecule has 3 rings (SSSR count). The third-order valence-corrected chi connectivity index (χ3v) is 5.45. The molecule has 1 amide bonds. The van der Waals surface area contributed by atoms with Gasteiger partial charge in [0.05, 0.1) is 17.2 Å². The van der Waals surface area contributed by atoms with Gasteiger partial charge >= 0.3 is 0 Å². The number of aromatic nitrogens is 1. The second kappa shape index (κ2) is 7.23. The van der Waals surface area contributed by atoms with Crippen molar-refractivity contribution >= 4 is 17.5 Å². The van der Waals surface area contributed by atoms with Crippen molar-refractivity contribution in [3.63, 3.8) is 0 Å². The smallest absolute Gasteiger partial charge is 0.266 e. The quantitative estimate of drug-likeness (QED) is 0.856. The molecule has 26 heavy (non-hydrogen) atoms. The number of rotatable bonds is 3. The van der Waals surface area contributed by atoms with E-state index in [4.69, 9.17) is 11.6 Å². The van der Waals surface area contributed by atoms with Crippen LogP contribution in [0.4, 0.5) is 0 Å². The maximum Gasteiger partial charge on any atom is 0.266 e. The molecule has 2 atom stereocenters. The summed E-state index contributed by atoms with van der Waals surface area (Å²) in [5, 5.41) is 11.0. The molecule has 138 valence electrons. The van der Waals surface area contributed by atoms with Gasteiger partial charge in [0.1, 0.15) is 5.02 Å². The number of aliphatic hydroxyl groups excluding tert-OH is 1. The molecule has 0 unspecified atom stereocenters. The van der Waals surface area contributed by atoms with Crippen LogP contribution in [0.25, 0.3) is 0 Å². The summed E-state index contributed by atoms with van der Waals surface area (Å²) in [5.41, 5.74) is 0.342. The Labute approximate surface area is 157 Å². The van der Waals surface area contributed by atoms with Gasteiger partial charge in [0, 0.05) is 19.3 Å². The number of carbonyl (C=O) groups excluding carboxylic acids is 1. The second-order valence-corrected chi connectivity index (χ2v) is 7.17. The summed E-state index contributed by atoms with van der Waals surface area (Å²) in [6, 6.07) is 11.2. The third-order valence-electron chi connectivity index (χ3n) is 5.17. The van der Waals surface area contributed by atoms with E-state index >= 15 is 0 Å². The summed E-state index contributed by atoms with van der Waals surface area (Å²) in [6.07, 6.45) is 1.19. The van der Waals surface area contributed by atoms with Gasteiger partial charge < -0.3 is 15.0 Å². The number of halogens is 1. The number of likely N-dealkylation sites (N-methyl/N-ethyl adjacent to an activating group) is 1. The Morgan fingerprint density at radius 2 is 2.04 bits per heavy atom. The fourth-order valence-electron chi connectivity index (χ4n) is 3.71. The Morgan fingerprint density at radius 1 is 1.35 bits per heavy atom. The molecular weight excluding hydrogens is 354 g/mol. The van der Waals surface area contributed by atoms with Crippen molar-refractivity contribution in [3.8, 4) is 0 Å². The number of piperidine rings is 1. The van der Waals surface area contributed by atoms with Crippen LogP contribution in [0, 0.1) is 0 Å². The zero-order valence-corrected chi connectivity index (χ0v) is 15.5. The Balaban J connectivity index is 1.86. The zero-order valence-electron chi connectivity index (χ0n) is 14.8. The van der Waals surface area contributed by atoms with Gasteiger partial charge in [0.25, 0.3) is 11.5 Å². The number of carbonyl (C=O) groups is 1. The zero-order chi connectivity index (χ0) is 18.9. The lowest BCUT2D eigenvalue weighted by molar-refractivity contribution is -0.0612. The summed E-state index contributed by atoms with van der Waals surface area (Å²) in [7, 11) is 3.88. The molecule has 1 aliphatic rings. The molecule has 6 nitrogen and oxygen atoms in total. The lowest BCUT2D eigenvalue weighted by Gasteiger charge is -2.49. The van der Waals surface area contributed by atoms with Crippen molar-refractivity contribution < 1.29 is 9.90 Å². The fraction of sp³-hybridized carbons (Fsp3) is 0.368. The largest absolute Gasteiger partial charge is 0.389 e. The van der Waals surface area contributed by atoms with Crippen LogP contribution in [-0.2, 0) is 5.54 Å². The molecule has 2 aromatic rings. The Hall–Kier alpha value is -2.15. The molecule has 1 aliphatic heterocycles. The van der Waals surface area contributed by atoms with E-state index in [0.29, 0.717) is 18.5 Å². The van der Waals surface area contributed by atoms with E-state index < -0.39 is 17.2 Å². The van der Waals surface area contributed by atoms with Gasteiger partial charge in [0.15, 0.2) is 0 Å². The SMILES string of the molecule is CN(C)[C@]1(c2ccccc2)CCN(C(=O)c2c[nH]c(=O)c(Cl)c2)C[C@H]1O. The van der Waals surface area contributed by atoms with E-state index in [1.54, 1.807) is 4.90 Å². The highest BCUT2D eigenvalue weighted by molar-refractivity contribution is 6.30. The third kappa shape index (κ3) is 3.16. The maximum absolute atomic E-state index is 12.7. The van der Waals surface area contributed by atoms with Gasteiger partial charge in [-0.15, -0.1) is 0 Å². The summed E-state index contributed by atoms with van der Waals surface area (Å²) in [6.45, 7) is 0.683. The topological polar surface area (TPSA) is 76.6 Å². The first kappa shape index (κ1) is 18.6. The van der Waals surface area contributed by atoms with E-state index in [9.17, 15) is 14.7 Å². The lowest BCUT2D eigenvalue weighted by atomic mass is 9.77. The van der Waals surface area contributed by atoms with Crippen molar-refractivity contribution in [2.24, 2.45) is 0 Å². The number of hydrogen-bond acceptors (Lipinski definition) is 4. The summed E-state index contributed by atoms with van der Waals surface area (Å²) >= 11 is 5.82. The number of H-pyrrole nitrogens is 1. The number of nitrogens with one attached hydrogen (secondary N) is 1. The number of nitrogens with zero attached hydrogens (tertiary/aromatic N) is 2. The molecule has 2 heterocycles. The minimum Gasteiger partial charge on any atom is -0.389 e. The van der Waals surface area contributed by atoms with Crippen molar-refractivity contribution in [2.45, 2.75) is 18.1 Å². The van der Waals surface area contributed by atoms with Gasteiger partial charge in [-0.25, -0.2) is 0 Å². The molecule has 7 heteroatoms. The van der Waals surface area contributed by atoms with Crippen LogP contribution in [0.3, 0.4) is 0 Å². The van der Waals surface area contributed by atoms with Crippen LogP contribution < -0.4 is 5.56 Å². The van der Waals surface area contributed by atoms with Crippen LogP contribution in [0.1, 0.15) is 22.3 Å². The van der Waals surface area contributed by atoms with Gasteiger partial charge in [-0.2, -0.15) is 0 Å². The van der Waals surface area contributed by atoms with E-state index in [2.05, 4.69) is 4.98 Å². The van der Waals surface area contributed by atoms with Crippen LogP contribution in [0.5, 0.6) is 0 Å². The molecule has 1 aromatic heterocycles. The number of aliphatic hydroxyl groups is 1. The van der Waals surface area contributed by atoms with Gasteiger partial charge in [-0.1, -0.05) is 41.9 Å². The highest BCUT2D eigenvalue weighted by Gasteiger charge is 2.46. The first-order valence-corrected chi connectivity index (χ1v) is 8.82. The van der Waals surface area contributed by atoms with Gasteiger partial charge in [-0.05, 0) is 32.1 Å². The summed E-state index contributed by atoms with van der Waals surface area (Å²) in [5.74, 6) is -0.261. The number of aromatic amines is 1. The number of pyridine rings is 1. The maximum atomic E-state index is 12.7. The molecule has 0 radical (unpaired) electrons. The number of β-amino-alcohol motifs (C(OH)–C–C–N with tert-alkyl or cyclic N) is 1. The summed E-state index contributed by atoms with van der Waals surface area (Å²) in [4.78, 5) is 30.2. The number of amides is 1. The van der Waals surface area contributed by atoms with Gasteiger partial charge in [0.2, 0.25) is 0 Å². The van der Waals surface area contributed by atoms with Crippen molar-refractivity contribution in [2.75, 3.05) is 27.2 Å². The molecule has 2 N–H and O–H groups in total. The van der Waals surface area contributed by atoms with Crippen LogP contribution in [-0.4, -0.2) is 59.1 Å². The minimum atomic E-state index is -0.754. The van der Waals surface area contributed by atoms with E-state index in [1.165, 1.54) is 12.3 Å². The molecule has 0 aliphatic carbocycles. The molecule has 0 saturated carbocycles. The predicted molar refractivity (Wildman–Crippen MR) is 100 cm³/mol. The van der Waals surface area contributed by atoms with E-state index in [0.717, 1.165) is 5.56 Å². The molecular formula is C19H22ClN3O3. The number of likely N-dealkylation sites (tertiary alicyclic amines) is 1. The van der Waals surface area contributed by atoms with Crippen LogP contribution in [0.2, 0.25) is 5.02 Å². The van der Waals surface area contributed by atoms with E-state index in [-0.39, 0.29) is 17.5 Å². The average molecular weight is 376 g/mol. The van der Waals surface area contributed by atoms with Crippen LogP contribution in [0.15, 0.2) is 47.4 Å². The molecule has 1 saturated heterocycles. The highest BCUT2D eigenvalue weighted by atomic mass is 35.5. The Kier molecular flexibility index (Phi) is 5.18. The fourth-order valence-corrected chi connectivity index (χ4v) is 3.89. The van der Waals surface area contributed by atoms with Crippen LogP contribution >= 0.6 is 11.6 Å². The molecule has 0 bridgehead atoms. The lowest BCUT2D eigenvalue weighted by Crippen LogP contribution is -2.60. The monoisotopic (exact) mass is 375 g/mol. The van der Waals surface area contributed by atoms with Crippen molar-refractivity contribution in [1.82, 2.24) is 14.8 Å². The van der Waals surface area contributed by atoms with Crippen molar-refractivity contribution in [3.05, 3.63) is 69.1 Å². The Bertz CT molecular complexity index is 853. The average Bonchev–Trinajstić information content (AvgIpc) is 2.64. The molecule has 1 fully saturated rings. The second-order valence-electron chi connectivity index (χ2n) is 6.77. The molecule has 1 aromatic carbocycles. The Morgan fingerprint density at radius 3 is 2.62 bits per heavy atom. The first-order valence-electron chi connectivity index (χ1n) is 8.45. The summed E-state index contributed by atoms with van der Waals surface area (Å²) < 4.78 is 0. The number of benzene rings is 1. The van der Waals surface area contributed by atoms with E-state index in [1.807, 2.05) is 49.3 Å².